The van der Waals surface area contributed by atoms with Gasteiger partial charge in [-0.15, -0.1) is 0 Å². The van der Waals surface area contributed by atoms with E-state index >= 15 is 0 Å². The van der Waals surface area contributed by atoms with E-state index < -0.39 is 0 Å². The minimum Gasteiger partial charge on any atom is -0.489 e. The molecule has 1 aliphatic heterocycles. The summed E-state index contributed by atoms with van der Waals surface area (Å²) < 4.78 is 19.6. The van der Waals surface area contributed by atoms with Crippen LogP contribution in [-0.4, -0.2) is 6.10 Å². The van der Waals surface area contributed by atoms with E-state index in [4.69, 9.17) is 4.74 Å². The maximum absolute atomic E-state index is 13.9. The fourth-order valence-corrected chi connectivity index (χ4v) is 2.58. The van der Waals surface area contributed by atoms with Crippen molar-refractivity contribution >= 4 is 0 Å². The Morgan fingerprint density at radius 2 is 2.07 bits per heavy atom. The normalized spacial score (nSPS) is 26.9. The molecule has 0 aromatic heterocycles. The molecule has 2 aliphatic rings. The highest BCUT2D eigenvalue weighted by Crippen LogP contribution is 2.56. The molecule has 0 radical (unpaired) electrons. The zero-order valence-corrected chi connectivity index (χ0v) is 9.30. The van der Waals surface area contributed by atoms with Gasteiger partial charge < -0.3 is 4.74 Å². The highest BCUT2D eigenvalue weighted by molar-refractivity contribution is 5.53. The second-order valence-electron chi connectivity index (χ2n) is 5.58. The van der Waals surface area contributed by atoms with E-state index in [1.165, 1.54) is 6.07 Å². The summed E-state index contributed by atoms with van der Waals surface area (Å²) in [4.78, 5) is 0. The largest absolute Gasteiger partial charge is 0.489 e. The van der Waals surface area contributed by atoms with Crippen molar-refractivity contribution in [1.82, 2.24) is 0 Å². The van der Waals surface area contributed by atoms with E-state index in [-0.39, 0.29) is 11.2 Å². The lowest BCUT2D eigenvalue weighted by Crippen LogP contribution is -2.16. The number of fused-ring (bicyclic) bond motifs is 3. The summed E-state index contributed by atoms with van der Waals surface area (Å²) in [6, 6.07) is 3.30. The van der Waals surface area contributed by atoms with Crippen LogP contribution in [0.3, 0.4) is 0 Å². The summed E-state index contributed by atoms with van der Waals surface area (Å²) in [5, 5.41) is 0. The van der Waals surface area contributed by atoms with Gasteiger partial charge in [0.1, 0.15) is 17.7 Å². The number of halogens is 1. The van der Waals surface area contributed by atoms with Crippen molar-refractivity contribution in [3.05, 3.63) is 29.1 Å². The van der Waals surface area contributed by atoms with E-state index in [0.29, 0.717) is 12.0 Å². The highest BCUT2D eigenvalue weighted by atomic mass is 19.1. The summed E-state index contributed by atoms with van der Waals surface area (Å²) in [5.74, 6) is 1.28. The molecule has 1 heterocycles. The summed E-state index contributed by atoms with van der Waals surface area (Å²) in [5.41, 5.74) is 1.84. The van der Waals surface area contributed by atoms with E-state index in [9.17, 15) is 4.39 Å². The zero-order chi connectivity index (χ0) is 10.8. The van der Waals surface area contributed by atoms with Crippen LogP contribution in [0.5, 0.6) is 5.75 Å². The second-order valence-corrected chi connectivity index (χ2v) is 5.58. The first kappa shape index (κ1) is 9.20. The van der Waals surface area contributed by atoms with Gasteiger partial charge in [0.05, 0.1) is 0 Å². The molecule has 80 valence electrons. The summed E-state index contributed by atoms with van der Waals surface area (Å²) in [6.45, 7) is 6.17. The third kappa shape index (κ3) is 1.20. The predicted octanol–water partition coefficient (Wildman–Crippen LogP) is 3.37. The Labute approximate surface area is 89.3 Å². The van der Waals surface area contributed by atoms with Gasteiger partial charge in [0.2, 0.25) is 0 Å². The maximum atomic E-state index is 13.9. The fraction of sp³-hybridized carbons (Fsp3) is 0.538. The molecule has 0 bridgehead atoms. The van der Waals surface area contributed by atoms with E-state index in [1.54, 1.807) is 6.07 Å². The topological polar surface area (TPSA) is 9.23 Å². The lowest BCUT2D eigenvalue weighted by Gasteiger charge is -2.23. The van der Waals surface area contributed by atoms with Gasteiger partial charge >= 0.3 is 0 Å². The van der Waals surface area contributed by atoms with Crippen molar-refractivity contribution in [2.24, 2.45) is 0 Å². The first-order chi connectivity index (χ1) is 6.98. The standard InChI is InChI=1S/C13H15FO/c1-13(2,3)12-8(14)4-5-9-11(12)7-6-10(7)15-9/h4-5,7,10H,6H2,1-3H3. The summed E-state index contributed by atoms with van der Waals surface area (Å²) >= 11 is 0. The molecule has 2 unspecified atom stereocenters. The van der Waals surface area contributed by atoms with Gasteiger partial charge in [-0.25, -0.2) is 4.39 Å². The van der Waals surface area contributed by atoms with E-state index in [2.05, 4.69) is 20.8 Å². The zero-order valence-electron chi connectivity index (χ0n) is 9.30. The van der Waals surface area contributed by atoms with Crippen LogP contribution in [0.4, 0.5) is 4.39 Å². The molecule has 0 amide bonds. The molecule has 1 nitrogen and oxygen atoms in total. The molecule has 0 saturated heterocycles. The molecule has 0 spiro atoms. The number of benzene rings is 1. The second kappa shape index (κ2) is 2.55. The molecule has 3 rings (SSSR count). The third-order valence-electron chi connectivity index (χ3n) is 3.29. The first-order valence-electron chi connectivity index (χ1n) is 5.48. The number of hydrogen-bond acceptors (Lipinski definition) is 1. The molecular formula is C13H15FO. The molecule has 15 heavy (non-hydrogen) atoms. The number of hydrogen-bond donors (Lipinski definition) is 0. The van der Waals surface area contributed by atoms with Crippen LogP contribution in [0.1, 0.15) is 44.2 Å². The van der Waals surface area contributed by atoms with Crippen molar-refractivity contribution in [2.45, 2.75) is 44.6 Å². The number of rotatable bonds is 0. The Morgan fingerprint density at radius 1 is 1.33 bits per heavy atom. The summed E-state index contributed by atoms with van der Waals surface area (Å²) in [6.07, 6.45) is 1.40. The molecule has 0 N–H and O–H groups in total. The van der Waals surface area contributed by atoms with Crippen LogP contribution >= 0.6 is 0 Å². The lowest BCUT2D eigenvalue weighted by atomic mass is 9.82. The first-order valence-corrected chi connectivity index (χ1v) is 5.48. The monoisotopic (exact) mass is 206 g/mol. The predicted molar refractivity (Wildman–Crippen MR) is 56.9 cm³/mol. The van der Waals surface area contributed by atoms with Crippen LogP contribution < -0.4 is 4.74 Å². The van der Waals surface area contributed by atoms with Crippen LogP contribution in [0.15, 0.2) is 12.1 Å². The molecule has 1 fully saturated rings. The Bertz CT molecular complexity index is 431. The average molecular weight is 206 g/mol. The van der Waals surface area contributed by atoms with Gasteiger partial charge in [-0.3, -0.25) is 0 Å². The molecule has 2 atom stereocenters. The molecule has 2 heteroatoms. The SMILES string of the molecule is CC(C)(C)c1c(F)ccc2c1C1CC1O2. The average Bonchev–Trinajstić information content (AvgIpc) is 2.78. The molecule has 1 aliphatic carbocycles. The highest BCUT2D eigenvalue weighted by Gasteiger charge is 2.50. The van der Waals surface area contributed by atoms with Crippen molar-refractivity contribution in [3.8, 4) is 5.75 Å². The minimum atomic E-state index is -0.143. The van der Waals surface area contributed by atoms with Gasteiger partial charge in [0.15, 0.2) is 0 Å². The maximum Gasteiger partial charge on any atom is 0.127 e. The third-order valence-corrected chi connectivity index (χ3v) is 3.29. The quantitative estimate of drug-likeness (QED) is 0.632. The minimum absolute atomic E-state index is 0.0857. The fourth-order valence-electron chi connectivity index (χ4n) is 2.58. The van der Waals surface area contributed by atoms with Gasteiger partial charge in [-0.05, 0) is 24.0 Å². The van der Waals surface area contributed by atoms with E-state index in [1.807, 2.05) is 0 Å². The molecule has 1 saturated carbocycles. The Kier molecular flexibility index (Phi) is 1.56. The van der Waals surface area contributed by atoms with Crippen molar-refractivity contribution < 1.29 is 9.13 Å². The van der Waals surface area contributed by atoms with Crippen LogP contribution in [0.2, 0.25) is 0 Å². The van der Waals surface area contributed by atoms with Crippen molar-refractivity contribution in [2.75, 3.05) is 0 Å². The van der Waals surface area contributed by atoms with E-state index in [0.717, 1.165) is 23.3 Å². The van der Waals surface area contributed by atoms with Crippen molar-refractivity contribution in [1.29, 1.82) is 0 Å². The molecule has 1 aromatic rings. The van der Waals surface area contributed by atoms with Crippen LogP contribution in [0.25, 0.3) is 0 Å². The Balaban J connectivity index is 2.24. The smallest absolute Gasteiger partial charge is 0.127 e. The van der Waals surface area contributed by atoms with Crippen LogP contribution in [0, 0.1) is 5.82 Å². The van der Waals surface area contributed by atoms with Crippen molar-refractivity contribution in [3.63, 3.8) is 0 Å². The number of ether oxygens (including phenoxy) is 1. The van der Waals surface area contributed by atoms with Gasteiger partial charge in [0.25, 0.3) is 0 Å². The summed E-state index contributed by atoms with van der Waals surface area (Å²) in [7, 11) is 0. The molecular weight excluding hydrogens is 191 g/mol. The Morgan fingerprint density at radius 3 is 2.73 bits per heavy atom. The van der Waals surface area contributed by atoms with Gasteiger partial charge in [-0.2, -0.15) is 0 Å². The van der Waals surface area contributed by atoms with Gasteiger partial charge in [0, 0.05) is 17.0 Å². The molecule has 1 aromatic carbocycles. The van der Waals surface area contributed by atoms with Gasteiger partial charge in [-0.1, -0.05) is 20.8 Å². The van der Waals surface area contributed by atoms with Crippen LogP contribution in [-0.2, 0) is 5.41 Å². The Hall–Kier alpha value is -1.05. The lowest BCUT2D eigenvalue weighted by molar-refractivity contribution is 0.318.